The molecule has 0 saturated carbocycles. The van der Waals surface area contributed by atoms with Crippen LogP contribution < -0.4 is 0 Å². The van der Waals surface area contributed by atoms with E-state index in [9.17, 15) is 5.26 Å². The van der Waals surface area contributed by atoms with Crippen molar-refractivity contribution in [2.24, 2.45) is 7.05 Å². The van der Waals surface area contributed by atoms with E-state index in [2.05, 4.69) is 16.2 Å². The molecule has 4 nitrogen and oxygen atoms in total. The van der Waals surface area contributed by atoms with Crippen molar-refractivity contribution in [1.29, 1.82) is 5.26 Å². The van der Waals surface area contributed by atoms with Gasteiger partial charge in [-0.25, -0.2) is 4.98 Å². The third-order valence-corrected chi connectivity index (χ3v) is 3.69. The Morgan fingerprint density at radius 3 is 2.75 bits per heavy atom. The first-order valence-corrected chi connectivity index (χ1v) is 6.33. The van der Waals surface area contributed by atoms with Crippen LogP contribution in [0, 0.1) is 11.3 Å². The Kier molecular flexibility index (Phi) is 2.07. The maximum absolute atomic E-state index is 9.59. The van der Waals surface area contributed by atoms with Gasteiger partial charge in [-0.3, -0.25) is 4.68 Å². The van der Waals surface area contributed by atoms with Crippen LogP contribution >= 0.6 is 0 Å². The maximum atomic E-state index is 9.59. The van der Waals surface area contributed by atoms with Gasteiger partial charge in [0.15, 0.2) is 0 Å². The van der Waals surface area contributed by atoms with Crippen molar-refractivity contribution >= 4 is 32.7 Å². The Morgan fingerprint density at radius 1 is 1.05 bits per heavy atom. The van der Waals surface area contributed by atoms with Gasteiger partial charge in [-0.2, -0.15) is 10.4 Å². The summed E-state index contributed by atoms with van der Waals surface area (Å²) in [7, 11) is 1.90. The largest absolute Gasteiger partial charge is 0.268 e. The van der Waals surface area contributed by atoms with Crippen molar-refractivity contribution in [2.45, 2.75) is 0 Å². The Labute approximate surface area is 114 Å². The number of para-hydroxylation sites is 1. The quantitative estimate of drug-likeness (QED) is 0.455. The van der Waals surface area contributed by atoms with Crippen LogP contribution in [-0.2, 0) is 7.05 Å². The standard InChI is InChI=1S/C16H10N4/c1-20-15-7-6-14-16(12(15)9-18-20)11(8-17)10-4-2-3-5-13(10)19-14/h2-7,9H,1H3. The molecular weight excluding hydrogens is 248 g/mol. The zero-order valence-corrected chi connectivity index (χ0v) is 10.8. The summed E-state index contributed by atoms with van der Waals surface area (Å²) >= 11 is 0. The molecule has 4 heteroatoms. The van der Waals surface area contributed by atoms with Gasteiger partial charge in [0.2, 0.25) is 0 Å². The van der Waals surface area contributed by atoms with Gasteiger partial charge < -0.3 is 0 Å². The molecule has 4 rings (SSSR count). The topological polar surface area (TPSA) is 54.5 Å². The molecule has 0 aliphatic heterocycles. The van der Waals surface area contributed by atoms with E-state index in [0.717, 1.165) is 32.7 Å². The fraction of sp³-hybridized carbons (Fsp3) is 0.0625. The van der Waals surface area contributed by atoms with Gasteiger partial charge in [-0.1, -0.05) is 18.2 Å². The second-order valence-corrected chi connectivity index (χ2v) is 4.78. The molecule has 0 N–H and O–H groups in total. The lowest BCUT2D eigenvalue weighted by Gasteiger charge is -2.06. The number of fused-ring (bicyclic) bond motifs is 4. The fourth-order valence-electron chi connectivity index (χ4n) is 2.74. The third kappa shape index (κ3) is 1.29. The van der Waals surface area contributed by atoms with E-state index in [1.807, 2.05) is 48.1 Å². The molecule has 2 aromatic heterocycles. The van der Waals surface area contributed by atoms with Gasteiger partial charge in [-0.05, 0) is 18.2 Å². The molecule has 0 fully saturated rings. The fourth-order valence-corrected chi connectivity index (χ4v) is 2.74. The predicted molar refractivity (Wildman–Crippen MR) is 78.2 cm³/mol. The number of nitrogens with zero attached hydrogens (tertiary/aromatic N) is 4. The predicted octanol–water partition coefficient (Wildman–Crippen LogP) is 3.15. The molecular formula is C16H10N4. The molecule has 4 aromatic rings. The molecule has 0 bridgehead atoms. The molecule has 0 spiro atoms. The molecule has 0 radical (unpaired) electrons. The monoisotopic (exact) mass is 258 g/mol. The highest BCUT2D eigenvalue weighted by Crippen LogP contribution is 2.31. The first-order chi connectivity index (χ1) is 9.79. The average Bonchev–Trinajstić information content (AvgIpc) is 2.86. The number of hydrogen-bond acceptors (Lipinski definition) is 3. The highest BCUT2D eigenvalue weighted by Gasteiger charge is 2.13. The summed E-state index contributed by atoms with van der Waals surface area (Å²) < 4.78 is 1.81. The van der Waals surface area contributed by atoms with E-state index >= 15 is 0 Å². The minimum absolute atomic E-state index is 0.671. The van der Waals surface area contributed by atoms with Crippen molar-refractivity contribution < 1.29 is 0 Å². The Bertz CT molecular complexity index is 1020. The summed E-state index contributed by atoms with van der Waals surface area (Å²) in [6.07, 6.45) is 1.80. The van der Waals surface area contributed by atoms with Crippen LogP contribution in [0.5, 0.6) is 0 Å². The summed E-state index contributed by atoms with van der Waals surface area (Å²) in [5, 5.41) is 16.6. The lowest BCUT2D eigenvalue weighted by atomic mass is 10.0. The van der Waals surface area contributed by atoms with Crippen molar-refractivity contribution in [3.8, 4) is 6.07 Å². The second-order valence-electron chi connectivity index (χ2n) is 4.78. The Hall–Kier alpha value is -2.93. The van der Waals surface area contributed by atoms with Gasteiger partial charge >= 0.3 is 0 Å². The highest BCUT2D eigenvalue weighted by atomic mass is 15.2. The van der Waals surface area contributed by atoms with E-state index in [4.69, 9.17) is 0 Å². The second kappa shape index (κ2) is 3.78. The van der Waals surface area contributed by atoms with Crippen LogP contribution in [0.4, 0.5) is 0 Å². The van der Waals surface area contributed by atoms with Gasteiger partial charge in [0.05, 0.1) is 28.3 Å². The molecule has 20 heavy (non-hydrogen) atoms. The molecule has 2 aromatic carbocycles. The number of rotatable bonds is 0. The van der Waals surface area contributed by atoms with Gasteiger partial charge in [-0.15, -0.1) is 0 Å². The molecule has 0 aliphatic rings. The highest BCUT2D eigenvalue weighted by molar-refractivity contribution is 6.12. The van der Waals surface area contributed by atoms with Crippen LogP contribution in [0.1, 0.15) is 5.56 Å². The molecule has 0 unspecified atom stereocenters. The summed E-state index contributed by atoms with van der Waals surface area (Å²) in [5.74, 6) is 0. The van der Waals surface area contributed by atoms with E-state index in [1.165, 1.54) is 0 Å². The van der Waals surface area contributed by atoms with E-state index < -0.39 is 0 Å². The minimum Gasteiger partial charge on any atom is -0.268 e. The summed E-state index contributed by atoms with van der Waals surface area (Å²) in [4.78, 5) is 4.66. The smallest absolute Gasteiger partial charge is 0.101 e. The first kappa shape index (κ1) is 10.9. The Balaban J connectivity index is 2.37. The normalized spacial score (nSPS) is 11.2. The van der Waals surface area contributed by atoms with E-state index in [-0.39, 0.29) is 0 Å². The number of pyridine rings is 1. The molecule has 0 aliphatic carbocycles. The zero-order valence-electron chi connectivity index (χ0n) is 10.8. The van der Waals surface area contributed by atoms with Crippen molar-refractivity contribution in [2.75, 3.05) is 0 Å². The van der Waals surface area contributed by atoms with Gasteiger partial charge in [0.25, 0.3) is 0 Å². The van der Waals surface area contributed by atoms with Gasteiger partial charge in [0, 0.05) is 23.2 Å². The zero-order chi connectivity index (χ0) is 13.7. The van der Waals surface area contributed by atoms with Crippen LogP contribution in [0.3, 0.4) is 0 Å². The molecule has 2 heterocycles. The summed E-state index contributed by atoms with van der Waals surface area (Å²) in [6.45, 7) is 0. The number of benzene rings is 2. The van der Waals surface area contributed by atoms with Crippen LogP contribution in [0.2, 0.25) is 0 Å². The minimum atomic E-state index is 0.671. The van der Waals surface area contributed by atoms with Crippen molar-refractivity contribution in [1.82, 2.24) is 14.8 Å². The first-order valence-electron chi connectivity index (χ1n) is 6.33. The van der Waals surface area contributed by atoms with Crippen LogP contribution in [0.15, 0.2) is 42.6 Å². The SMILES string of the molecule is Cn1ncc2c3c(C#N)c4ccccc4nc3ccc21. The average molecular weight is 258 g/mol. The molecule has 0 atom stereocenters. The lowest BCUT2D eigenvalue weighted by Crippen LogP contribution is -1.91. The summed E-state index contributed by atoms with van der Waals surface area (Å²) in [5.41, 5.74) is 3.36. The Morgan fingerprint density at radius 2 is 1.90 bits per heavy atom. The van der Waals surface area contributed by atoms with Crippen molar-refractivity contribution in [3.05, 3.63) is 48.2 Å². The van der Waals surface area contributed by atoms with Crippen LogP contribution in [-0.4, -0.2) is 14.8 Å². The number of hydrogen-bond donors (Lipinski definition) is 0. The molecule has 94 valence electrons. The van der Waals surface area contributed by atoms with E-state index in [0.29, 0.717) is 5.56 Å². The van der Waals surface area contributed by atoms with Gasteiger partial charge in [0.1, 0.15) is 6.07 Å². The molecule has 0 amide bonds. The molecule has 0 saturated heterocycles. The van der Waals surface area contributed by atoms with Crippen LogP contribution in [0.25, 0.3) is 32.7 Å². The number of aromatic nitrogens is 3. The lowest BCUT2D eigenvalue weighted by molar-refractivity contribution is 0.797. The van der Waals surface area contributed by atoms with Crippen molar-refractivity contribution in [3.63, 3.8) is 0 Å². The summed E-state index contributed by atoms with van der Waals surface area (Å²) in [6, 6.07) is 14.0. The number of aryl methyl sites for hydroxylation is 1. The maximum Gasteiger partial charge on any atom is 0.101 e. The third-order valence-electron chi connectivity index (χ3n) is 3.69. The van der Waals surface area contributed by atoms with E-state index in [1.54, 1.807) is 6.20 Å². The number of nitriles is 1.